The SMILES string of the molecule is COC(=O)CCSc1c(Cl)cc(N)cc1C(=O)OC. The number of nitrogens with two attached hydrogens (primary N) is 1. The molecule has 19 heavy (non-hydrogen) atoms. The van der Waals surface area contributed by atoms with Crippen molar-refractivity contribution in [1.29, 1.82) is 0 Å². The molecule has 0 amide bonds. The fourth-order valence-corrected chi connectivity index (χ4v) is 2.72. The minimum absolute atomic E-state index is 0.225. The van der Waals surface area contributed by atoms with E-state index in [1.807, 2.05) is 0 Å². The Bertz CT molecular complexity index is 493. The Kier molecular flexibility index (Phi) is 5.98. The van der Waals surface area contributed by atoms with Crippen LogP contribution in [0.3, 0.4) is 0 Å². The van der Waals surface area contributed by atoms with Crippen molar-refractivity contribution in [3.8, 4) is 0 Å². The quantitative estimate of drug-likeness (QED) is 0.511. The lowest BCUT2D eigenvalue weighted by molar-refractivity contribution is -0.140. The molecular formula is C12H14ClNO4S. The summed E-state index contributed by atoms with van der Waals surface area (Å²) in [5, 5.41) is 0.357. The number of rotatable bonds is 5. The van der Waals surface area contributed by atoms with Crippen LogP contribution < -0.4 is 5.73 Å². The Morgan fingerprint density at radius 2 is 2.00 bits per heavy atom. The van der Waals surface area contributed by atoms with Crippen molar-refractivity contribution in [3.05, 3.63) is 22.7 Å². The lowest BCUT2D eigenvalue weighted by Crippen LogP contribution is -2.06. The molecule has 0 saturated heterocycles. The van der Waals surface area contributed by atoms with Gasteiger partial charge in [-0.1, -0.05) is 11.6 Å². The summed E-state index contributed by atoms with van der Waals surface area (Å²) < 4.78 is 9.22. The highest BCUT2D eigenvalue weighted by molar-refractivity contribution is 7.99. The van der Waals surface area contributed by atoms with Crippen LogP contribution in [-0.2, 0) is 14.3 Å². The van der Waals surface area contributed by atoms with E-state index < -0.39 is 5.97 Å². The third-order valence-electron chi connectivity index (χ3n) is 2.25. The number of nitrogen functional groups attached to an aromatic ring is 1. The minimum atomic E-state index is -0.519. The molecule has 1 rings (SSSR count). The Balaban J connectivity index is 2.92. The van der Waals surface area contributed by atoms with Crippen LogP contribution in [0.2, 0.25) is 5.02 Å². The van der Waals surface area contributed by atoms with Crippen molar-refractivity contribution in [2.45, 2.75) is 11.3 Å². The zero-order chi connectivity index (χ0) is 14.4. The zero-order valence-corrected chi connectivity index (χ0v) is 12.1. The van der Waals surface area contributed by atoms with E-state index in [0.29, 0.717) is 26.9 Å². The Labute approximate surface area is 120 Å². The van der Waals surface area contributed by atoms with Gasteiger partial charge < -0.3 is 15.2 Å². The number of halogens is 1. The number of carbonyl (C=O) groups is 2. The number of hydrogen-bond donors (Lipinski definition) is 1. The molecule has 1 aromatic rings. The van der Waals surface area contributed by atoms with E-state index in [2.05, 4.69) is 9.47 Å². The monoisotopic (exact) mass is 303 g/mol. The first-order valence-electron chi connectivity index (χ1n) is 5.36. The lowest BCUT2D eigenvalue weighted by Gasteiger charge is -2.10. The van der Waals surface area contributed by atoms with Crippen molar-refractivity contribution in [1.82, 2.24) is 0 Å². The van der Waals surface area contributed by atoms with Gasteiger partial charge in [0.15, 0.2) is 0 Å². The van der Waals surface area contributed by atoms with Gasteiger partial charge in [0.1, 0.15) is 0 Å². The highest BCUT2D eigenvalue weighted by Gasteiger charge is 2.17. The second kappa shape index (κ2) is 7.25. The number of methoxy groups -OCH3 is 2. The molecule has 7 heteroatoms. The summed E-state index contributed by atoms with van der Waals surface area (Å²) in [5.41, 5.74) is 6.32. The minimum Gasteiger partial charge on any atom is -0.469 e. The van der Waals surface area contributed by atoms with Gasteiger partial charge in [0.2, 0.25) is 0 Å². The number of esters is 2. The van der Waals surface area contributed by atoms with Crippen LogP contribution >= 0.6 is 23.4 Å². The van der Waals surface area contributed by atoms with E-state index in [-0.39, 0.29) is 12.4 Å². The van der Waals surface area contributed by atoms with Gasteiger partial charge in [-0.15, -0.1) is 11.8 Å². The Morgan fingerprint density at radius 3 is 2.58 bits per heavy atom. The summed E-state index contributed by atoms with van der Waals surface area (Å²) in [6.45, 7) is 0. The fourth-order valence-electron chi connectivity index (χ4n) is 1.36. The van der Waals surface area contributed by atoms with Gasteiger partial charge in [-0.3, -0.25) is 4.79 Å². The second-order valence-electron chi connectivity index (χ2n) is 3.55. The molecule has 5 nitrogen and oxygen atoms in total. The standard InChI is InChI=1S/C12H14ClNO4S/c1-17-10(15)3-4-19-11-8(12(16)18-2)5-7(14)6-9(11)13/h5-6H,3-4,14H2,1-2H3. The number of ether oxygens (including phenoxy) is 2. The third kappa shape index (κ3) is 4.33. The van der Waals surface area contributed by atoms with Gasteiger partial charge in [0.05, 0.1) is 31.2 Å². The van der Waals surface area contributed by atoms with E-state index in [9.17, 15) is 9.59 Å². The van der Waals surface area contributed by atoms with Crippen LogP contribution in [-0.4, -0.2) is 31.9 Å². The molecule has 0 atom stereocenters. The largest absolute Gasteiger partial charge is 0.469 e. The number of anilines is 1. The summed E-state index contributed by atoms with van der Waals surface area (Å²) in [5.74, 6) is -0.395. The second-order valence-corrected chi connectivity index (χ2v) is 5.06. The predicted octanol–water partition coefficient (Wildman–Crippen LogP) is 2.36. The molecule has 0 radical (unpaired) electrons. The fraction of sp³-hybridized carbons (Fsp3) is 0.333. The number of benzene rings is 1. The normalized spacial score (nSPS) is 10.1. The van der Waals surface area contributed by atoms with Gasteiger partial charge in [-0.25, -0.2) is 4.79 Å². The third-order valence-corrected chi connectivity index (χ3v) is 3.80. The van der Waals surface area contributed by atoms with E-state index in [4.69, 9.17) is 17.3 Å². The first kappa shape index (κ1) is 15.7. The number of thioether (sulfide) groups is 1. The molecule has 0 aliphatic rings. The summed E-state index contributed by atoms with van der Waals surface area (Å²) in [6.07, 6.45) is 0.225. The Morgan fingerprint density at radius 1 is 1.32 bits per heavy atom. The maximum atomic E-state index is 11.7. The molecule has 104 valence electrons. The van der Waals surface area contributed by atoms with Crippen LogP contribution in [0.4, 0.5) is 5.69 Å². The van der Waals surface area contributed by atoms with E-state index in [1.165, 1.54) is 32.0 Å². The molecule has 1 aromatic carbocycles. The molecule has 0 aliphatic carbocycles. The molecule has 2 N–H and O–H groups in total. The highest BCUT2D eigenvalue weighted by Crippen LogP contribution is 2.33. The van der Waals surface area contributed by atoms with E-state index in [1.54, 1.807) is 6.07 Å². The van der Waals surface area contributed by atoms with Crippen LogP contribution in [0, 0.1) is 0 Å². The van der Waals surface area contributed by atoms with Gasteiger partial charge in [0.25, 0.3) is 0 Å². The van der Waals surface area contributed by atoms with Crippen LogP contribution in [0.5, 0.6) is 0 Å². The van der Waals surface area contributed by atoms with Crippen molar-refractivity contribution >= 4 is 41.0 Å². The summed E-state index contributed by atoms with van der Waals surface area (Å²) in [6, 6.07) is 3.05. The van der Waals surface area contributed by atoms with Gasteiger partial charge >= 0.3 is 11.9 Å². The van der Waals surface area contributed by atoms with Crippen molar-refractivity contribution in [2.24, 2.45) is 0 Å². The smallest absolute Gasteiger partial charge is 0.339 e. The molecular weight excluding hydrogens is 290 g/mol. The maximum Gasteiger partial charge on any atom is 0.339 e. The molecule has 0 spiro atoms. The first-order valence-corrected chi connectivity index (χ1v) is 6.73. The lowest BCUT2D eigenvalue weighted by atomic mass is 10.2. The average Bonchev–Trinajstić information content (AvgIpc) is 2.39. The summed E-state index contributed by atoms with van der Waals surface area (Å²) >= 11 is 7.34. The number of hydrogen-bond acceptors (Lipinski definition) is 6. The molecule has 0 aliphatic heterocycles. The summed E-state index contributed by atoms with van der Waals surface area (Å²) in [4.78, 5) is 23.2. The number of carbonyl (C=O) groups excluding carboxylic acids is 2. The highest BCUT2D eigenvalue weighted by atomic mass is 35.5. The molecule has 0 fully saturated rings. The summed E-state index contributed by atoms with van der Waals surface area (Å²) in [7, 11) is 2.60. The average molecular weight is 304 g/mol. The van der Waals surface area contributed by atoms with Crippen molar-refractivity contribution in [3.63, 3.8) is 0 Å². The molecule has 0 heterocycles. The van der Waals surface area contributed by atoms with Gasteiger partial charge in [0, 0.05) is 16.3 Å². The van der Waals surface area contributed by atoms with E-state index in [0.717, 1.165) is 0 Å². The van der Waals surface area contributed by atoms with Crippen LogP contribution in [0.25, 0.3) is 0 Å². The van der Waals surface area contributed by atoms with E-state index >= 15 is 0 Å². The van der Waals surface area contributed by atoms with Crippen LogP contribution in [0.1, 0.15) is 16.8 Å². The first-order chi connectivity index (χ1) is 8.99. The van der Waals surface area contributed by atoms with Gasteiger partial charge in [-0.05, 0) is 12.1 Å². The molecule has 0 saturated carbocycles. The molecule has 0 aromatic heterocycles. The van der Waals surface area contributed by atoms with Crippen LogP contribution in [0.15, 0.2) is 17.0 Å². The van der Waals surface area contributed by atoms with Crippen molar-refractivity contribution in [2.75, 3.05) is 25.7 Å². The maximum absolute atomic E-state index is 11.7. The molecule has 0 unspecified atom stereocenters. The molecule has 0 bridgehead atoms. The van der Waals surface area contributed by atoms with Crippen molar-refractivity contribution < 1.29 is 19.1 Å². The predicted molar refractivity (Wildman–Crippen MR) is 74.6 cm³/mol. The zero-order valence-electron chi connectivity index (χ0n) is 10.6. The Hall–Kier alpha value is -1.40. The topological polar surface area (TPSA) is 78.6 Å². The van der Waals surface area contributed by atoms with Gasteiger partial charge in [-0.2, -0.15) is 0 Å².